The molecule has 0 saturated carbocycles. The molecule has 1 aromatic carbocycles. The summed E-state index contributed by atoms with van der Waals surface area (Å²) in [5.74, 6) is -0.796. The molecule has 0 heterocycles. The van der Waals surface area contributed by atoms with E-state index in [0.717, 1.165) is 11.4 Å². The van der Waals surface area contributed by atoms with Crippen molar-refractivity contribution in [1.82, 2.24) is 0 Å². The van der Waals surface area contributed by atoms with Crippen LogP contribution in [0.4, 0.5) is 11.4 Å². The Morgan fingerprint density at radius 2 is 1.82 bits per heavy atom. The Bertz CT molecular complexity index is 383. The molecule has 17 heavy (non-hydrogen) atoms. The van der Waals surface area contributed by atoms with E-state index in [1.165, 1.54) is 0 Å². The summed E-state index contributed by atoms with van der Waals surface area (Å²) in [5, 5.41) is 12.1. The van der Waals surface area contributed by atoms with Crippen LogP contribution in [0.15, 0.2) is 24.3 Å². The van der Waals surface area contributed by atoms with E-state index in [0.29, 0.717) is 6.54 Å². The third kappa shape index (κ3) is 3.66. The van der Waals surface area contributed by atoms with Crippen molar-refractivity contribution >= 4 is 17.3 Å². The van der Waals surface area contributed by atoms with Crippen LogP contribution in [-0.4, -0.2) is 31.7 Å². The summed E-state index contributed by atoms with van der Waals surface area (Å²) in [5.41, 5.74) is 1.29. The number of carbonyl (C=O) groups is 1. The van der Waals surface area contributed by atoms with Crippen molar-refractivity contribution in [1.29, 1.82) is 0 Å². The van der Waals surface area contributed by atoms with Gasteiger partial charge in [-0.2, -0.15) is 0 Å². The first kappa shape index (κ1) is 13.4. The SMILES string of the molecule is CN(C)c1ccc(NCC(C)(C)C(=O)O)cc1. The summed E-state index contributed by atoms with van der Waals surface area (Å²) < 4.78 is 0. The van der Waals surface area contributed by atoms with Gasteiger partial charge >= 0.3 is 5.97 Å². The summed E-state index contributed by atoms with van der Waals surface area (Å²) in [6.07, 6.45) is 0. The molecule has 0 bridgehead atoms. The van der Waals surface area contributed by atoms with Crippen molar-refractivity contribution in [2.75, 3.05) is 30.9 Å². The second-order valence-electron chi connectivity index (χ2n) is 4.98. The lowest BCUT2D eigenvalue weighted by atomic mass is 9.94. The minimum Gasteiger partial charge on any atom is -0.481 e. The average molecular weight is 236 g/mol. The smallest absolute Gasteiger partial charge is 0.310 e. The van der Waals surface area contributed by atoms with E-state index >= 15 is 0 Å². The van der Waals surface area contributed by atoms with Gasteiger partial charge in [0.2, 0.25) is 0 Å². The molecule has 0 spiro atoms. The summed E-state index contributed by atoms with van der Waals surface area (Å²) >= 11 is 0. The highest BCUT2D eigenvalue weighted by atomic mass is 16.4. The highest BCUT2D eigenvalue weighted by Gasteiger charge is 2.26. The second-order valence-corrected chi connectivity index (χ2v) is 4.98. The number of carboxylic acids is 1. The number of hydrogen-bond donors (Lipinski definition) is 2. The van der Waals surface area contributed by atoms with E-state index in [2.05, 4.69) is 5.32 Å². The molecule has 0 aliphatic carbocycles. The van der Waals surface area contributed by atoms with Crippen LogP contribution < -0.4 is 10.2 Å². The number of anilines is 2. The Labute approximate surface area is 102 Å². The molecule has 0 atom stereocenters. The fraction of sp³-hybridized carbons (Fsp3) is 0.462. The van der Waals surface area contributed by atoms with Gasteiger partial charge in [-0.1, -0.05) is 0 Å². The number of nitrogens with zero attached hydrogens (tertiary/aromatic N) is 1. The monoisotopic (exact) mass is 236 g/mol. The van der Waals surface area contributed by atoms with Gasteiger partial charge in [0.25, 0.3) is 0 Å². The van der Waals surface area contributed by atoms with Gasteiger partial charge in [0, 0.05) is 32.0 Å². The fourth-order valence-corrected chi connectivity index (χ4v) is 1.28. The molecule has 0 fully saturated rings. The van der Waals surface area contributed by atoms with Crippen LogP contribution in [0, 0.1) is 5.41 Å². The summed E-state index contributed by atoms with van der Waals surface area (Å²) in [7, 11) is 3.96. The molecule has 1 rings (SSSR count). The Hall–Kier alpha value is -1.71. The first-order valence-electron chi connectivity index (χ1n) is 5.57. The lowest BCUT2D eigenvalue weighted by molar-refractivity contribution is -0.146. The number of aliphatic carboxylic acids is 1. The maximum Gasteiger partial charge on any atom is 0.310 e. The highest BCUT2D eigenvalue weighted by Crippen LogP contribution is 2.19. The molecule has 0 saturated heterocycles. The maximum absolute atomic E-state index is 10.9. The Kier molecular flexibility index (Phi) is 3.99. The number of hydrogen-bond acceptors (Lipinski definition) is 3. The Balaban J connectivity index is 2.62. The summed E-state index contributed by atoms with van der Waals surface area (Å²) in [4.78, 5) is 13.0. The molecule has 0 aliphatic heterocycles. The van der Waals surface area contributed by atoms with Gasteiger partial charge in [0.05, 0.1) is 5.41 Å². The lowest BCUT2D eigenvalue weighted by Gasteiger charge is -2.20. The van der Waals surface area contributed by atoms with E-state index in [-0.39, 0.29) is 0 Å². The van der Waals surface area contributed by atoms with Crippen molar-refractivity contribution < 1.29 is 9.90 Å². The van der Waals surface area contributed by atoms with Gasteiger partial charge in [0.15, 0.2) is 0 Å². The molecule has 0 aromatic heterocycles. The van der Waals surface area contributed by atoms with Crippen molar-refractivity contribution in [3.05, 3.63) is 24.3 Å². The number of benzene rings is 1. The van der Waals surface area contributed by atoms with Gasteiger partial charge < -0.3 is 15.3 Å². The Morgan fingerprint density at radius 1 is 1.29 bits per heavy atom. The van der Waals surface area contributed by atoms with Crippen LogP contribution in [0.3, 0.4) is 0 Å². The van der Waals surface area contributed by atoms with E-state index < -0.39 is 11.4 Å². The molecule has 2 N–H and O–H groups in total. The van der Waals surface area contributed by atoms with Gasteiger partial charge in [0.1, 0.15) is 0 Å². The molecule has 0 radical (unpaired) electrons. The number of nitrogens with one attached hydrogen (secondary N) is 1. The first-order chi connectivity index (χ1) is 7.83. The normalized spacial score (nSPS) is 11.1. The molecule has 94 valence electrons. The van der Waals surface area contributed by atoms with Crippen LogP contribution in [0.5, 0.6) is 0 Å². The van der Waals surface area contributed by atoms with Crippen LogP contribution in [0.2, 0.25) is 0 Å². The topological polar surface area (TPSA) is 52.6 Å². The van der Waals surface area contributed by atoms with Crippen molar-refractivity contribution in [2.24, 2.45) is 5.41 Å². The molecule has 4 heteroatoms. The van der Waals surface area contributed by atoms with Crippen LogP contribution in [0.25, 0.3) is 0 Å². The molecule has 4 nitrogen and oxygen atoms in total. The number of carboxylic acid groups (broad SMARTS) is 1. The first-order valence-corrected chi connectivity index (χ1v) is 5.57. The molecule has 0 aliphatic rings. The van der Waals surface area contributed by atoms with Crippen LogP contribution in [-0.2, 0) is 4.79 Å². The van der Waals surface area contributed by atoms with Crippen molar-refractivity contribution in [2.45, 2.75) is 13.8 Å². The minimum atomic E-state index is -0.796. The zero-order chi connectivity index (χ0) is 13.1. The summed E-state index contributed by atoms with van der Waals surface area (Å²) in [6.45, 7) is 3.82. The molecule has 0 amide bonds. The van der Waals surface area contributed by atoms with Gasteiger partial charge in [-0.25, -0.2) is 0 Å². The Morgan fingerprint density at radius 3 is 2.24 bits per heavy atom. The van der Waals surface area contributed by atoms with Crippen LogP contribution >= 0.6 is 0 Å². The van der Waals surface area contributed by atoms with E-state index in [1.807, 2.05) is 43.3 Å². The van der Waals surface area contributed by atoms with Crippen molar-refractivity contribution in [3.8, 4) is 0 Å². The molecular weight excluding hydrogens is 216 g/mol. The fourth-order valence-electron chi connectivity index (χ4n) is 1.28. The molecular formula is C13H20N2O2. The largest absolute Gasteiger partial charge is 0.481 e. The van der Waals surface area contributed by atoms with E-state index in [1.54, 1.807) is 13.8 Å². The van der Waals surface area contributed by atoms with Crippen LogP contribution in [0.1, 0.15) is 13.8 Å². The molecule has 1 aromatic rings. The third-order valence-corrected chi connectivity index (χ3v) is 2.70. The van der Waals surface area contributed by atoms with E-state index in [4.69, 9.17) is 5.11 Å². The zero-order valence-electron chi connectivity index (χ0n) is 10.8. The third-order valence-electron chi connectivity index (χ3n) is 2.70. The highest BCUT2D eigenvalue weighted by molar-refractivity contribution is 5.74. The lowest BCUT2D eigenvalue weighted by Crippen LogP contribution is -2.31. The number of rotatable bonds is 5. The molecule has 0 unspecified atom stereocenters. The maximum atomic E-state index is 10.9. The van der Waals surface area contributed by atoms with Crippen molar-refractivity contribution in [3.63, 3.8) is 0 Å². The zero-order valence-corrected chi connectivity index (χ0v) is 10.8. The van der Waals surface area contributed by atoms with Gasteiger partial charge in [-0.3, -0.25) is 4.79 Å². The standard InChI is InChI=1S/C13H20N2O2/c1-13(2,12(16)17)9-14-10-5-7-11(8-6-10)15(3)4/h5-8,14H,9H2,1-4H3,(H,16,17). The average Bonchev–Trinajstić information content (AvgIpc) is 2.27. The summed E-state index contributed by atoms with van der Waals surface area (Å²) in [6, 6.07) is 7.90. The predicted molar refractivity (Wildman–Crippen MR) is 70.7 cm³/mol. The predicted octanol–water partition coefficient (Wildman–Crippen LogP) is 2.28. The van der Waals surface area contributed by atoms with Gasteiger partial charge in [-0.05, 0) is 38.1 Å². The van der Waals surface area contributed by atoms with E-state index in [9.17, 15) is 4.79 Å². The minimum absolute atomic E-state index is 0.406. The van der Waals surface area contributed by atoms with Gasteiger partial charge in [-0.15, -0.1) is 0 Å². The quantitative estimate of drug-likeness (QED) is 0.823. The second kappa shape index (κ2) is 5.08.